The van der Waals surface area contributed by atoms with Gasteiger partial charge in [-0.3, -0.25) is 0 Å². The van der Waals surface area contributed by atoms with Crippen LogP contribution in [0.15, 0.2) is 0 Å². The number of rotatable bonds is 2. The Morgan fingerprint density at radius 2 is 2.56 bits per heavy atom. The van der Waals surface area contributed by atoms with Crippen molar-refractivity contribution in [1.29, 1.82) is 0 Å². The van der Waals surface area contributed by atoms with Crippen molar-refractivity contribution in [1.82, 2.24) is 0 Å². The monoisotopic (exact) mass is 127 g/mol. The molecule has 9 heavy (non-hydrogen) atoms. The highest BCUT2D eigenvalue weighted by Crippen LogP contribution is 2.21. The first-order chi connectivity index (χ1) is 4.34. The van der Waals surface area contributed by atoms with Gasteiger partial charge in [0.05, 0.1) is 6.10 Å². The normalized spacial score (nSPS) is 30.7. The van der Waals surface area contributed by atoms with Crippen LogP contribution in [-0.4, -0.2) is 12.7 Å². The molecular formula is C8H15O. The van der Waals surface area contributed by atoms with E-state index in [9.17, 15) is 0 Å². The zero-order chi connectivity index (χ0) is 6.69. The van der Waals surface area contributed by atoms with Gasteiger partial charge in [-0.1, -0.05) is 13.3 Å². The number of ether oxygens (including phenoxy) is 1. The second-order valence-electron chi connectivity index (χ2n) is 2.72. The smallest absolute Gasteiger partial charge is 0.0604 e. The predicted octanol–water partition coefficient (Wildman–Crippen LogP) is 2.03. The standard InChI is InChI=1S/C8H15O/c1-3-7(2)8-5-4-6-9-8/h7-8H,2-6H2,1H3. The van der Waals surface area contributed by atoms with Gasteiger partial charge in [0.1, 0.15) is 0 Å². The summed E-state index contributed by atoms with van der Waals surface area (Å²) in [5.74, 6) is 0.521. The Bertz CT molecular complexity index is 74.6. The van der Waals surface area contributed by atoms with Crippen LogP contribution < -0.4 is 0 Å². The summed E-state index contributed by atoms with van der Waals surface area (Å²) >= 11 is 0. The fraction of sp³-hybridized carbons (Fsp3) is 0.875. The molecule has 1 nitrogen and oxygen atoms in total. The molecule has 1 heteroatoms. The molecule has 1 aliphatic rings. The molecule has 53 valence electrons. The van der Waals surface area contributed by atoms with Gasteiger partial charge in [0.25, 0.3) is 0 Å². The summed E-state index contributed by atoms with van der Waals surface area (Å²) in [5.41, 5.74) is 0. The van der Waals surface area contributed by atoms with Gasteiger partial charge in [0.2, 0.25) is 0 Å². The van der Waals surface area contributed by atoms with E-state index in [0.717, 1.165) is 13.0 Å². The van der Waals surface area contributed by atoms with Crippen LogP contribution in [0, 0.1) is 12.8 Å². The van der Waals surface area contributed by atoms with E-state index in [-0.39, 0.29) is 0 Å². The highest BCUT2D eigenvalue weighted by Gasteiger charge is 2.20. The lowest BCUT2D eigenvalue weighted by molar-refractivity contribution is 0.0769. The molecule has 0 saturated carbocycles. The quantitative estimate of drug-likeness (QED) is 0.551. The molecule has 0 spiro atoms. The first kappa shape index (κ1) is 7.07. The van der Waals surface area contributed by atoms with Gasteiger partial charge in [0.15, 0.2) is 0 Å². The maximum absolute atomic E-state index is 5.44. The third kappa shape index (κ3) is 1.68. The van der Waals surface area contributed by atoms with Crippen molar-refractivity contribution >= 4 is 0 Å². The maximum atomic E-state index is 5.44. The van der Waals surface area contributed by atoms with Crippen molar-refractivity contribution in [3.8, 4) is 0 Å². The van der Waals surface area contributed by atoms with Crippen LogP contribution in [-0.2, 0) is 4.74 Å². The average molecular weight is 127 g/mol. The van der Waals surface area contributed by atoms with Gasteiger partial charge < -0.3 is 4.74 Å². The lowest BCUT2D eigenvalue weighted by Crippen LogP contribution is -2.15. The fourth-order valence-corrected chi connectivity index (χ4v) is 1.24. The van der Waals surface area contributed by atoms with Gasteiger partial charge in [-0.05, 0) is 25.7 Å². The molecule has 1 rings (SSSR count). The molecule has 0 aromatic heterocycles. The first-order valence-electron chi connectivity index (χ1n) is 3.79. The van der Waals surface area contributed by atoms with Gasteiger partial charge in [-0.15, -0.1) is 0 Å². The van der Waals surface area contributed by atoms with Crippen molar-refractivity contribution in [2.45, 2.75) is 32.3 Å². The molecule has 1 radical (unpaired) electrons. The first-order valence-corrected chi connectivity index (χ1v) is 3.79. The van der Waals surface area contributed by atoms with Gasteiger partial charge in [0, 0.05) is 6.61 Å². The Hall–Kier alpha value is -0.0400. The van der Waals surface area contributed by atoms with E-state index < -0.39 is 0 Å². The van der Waals surface area contributed by atoms with Crippen LogP contribution in [0.5, 0.6) is 0 Å². The molecule has 2 unspecified atom stereocenters. The van der Waals surface area contributed by atoms with E-state index in [4.69, 9.17) is 4.74 Å². The van der Waals surface area contributed by atoms with Crippen molar-refractivity contribution < 1.29 is 4.74 Å². The Balaban J connectivity index is 2.24. The van der Waals surface area contributed by atoms with Crippen molar-refractivity contribution in [2.24, 2.45) is 5.92 Å². The highest BCUT2D eigenvalue weighted by molar-refractivity contribution is 4.74. The van der Waals surface area contributed by atoms with Crippen LogP contribution in [0.25, 0.3) is 0 Å². The third-order valence-electron chi connectivity index (χ3n) is 2.02. The molecule has 0 bridgehead atoms. The van der Waals surface area contributed by atoms with Crippen molar-refractivity contribution in [3.05, 3.63) is 6.92 Å². The summed E-state index contributed by atoms with van der Waals surface area (Å²) in [5, 5.41) is 0. The summed E-state index contributed by atoms with van der Waals surface area (Å²) in [6, 6.07) is 0. The lowest BCUT2D eigenvalue weighted by atomic mass is 10.00. The second-order valence-corrected chi connectivity index (χ2v) is 2.72. The van der Waals surface area contributed by atoms with Crippen LogP contribution >= 0.6 is 0 Å². The van der Waals surface area contributed by atoms with E-state index in [1.165, 1.54) is 12.8 Å². The Morgan fingerprint density at radius 3 is 3.00 bits per heavy atom. The topological polar surface area (TPSA) is 9.23 Å². The van der Waals surface area contributed by atoms with Crippen LogP contribution in [0.2, 0.25) is 0 Å². The molecule has 0 aromatic rings. The minimum absolute atomic E-state index is 0.468. The molecule has 0 aliphatic carbocycles. The molecular weight excluding hydrogens is 112 g/mol. The Labute approximate surface area is 57.4 Å². The zero-order valence-electron chi connectivity index (χ0n) is 6.10. The van der Waals surface area contributed by atoms with Gasteiger partial charge in [-0.2, -0.15) is 0 Å². The SMILES string of the molecule is [CH2]C(CC)C1CCCO1. The van der Waals surface area contributed by atoms with Gasteiger partial charge >= 0.3 is 0 Å². The molecule has 1 saturated heterocycles. The Morgan fingerprint density at radius 1 is 1.78 bits per heavy atom. The van der Waals surface area contributed by atoms with E-state index in [0.29, 0.717) is 12.0 Å². The lowest BCUT2D eigenvalue weighted by Gasteiger charge is -2.15. The van der Waals surface area contributed by atoms with E-state index in [1.807, 2.05) is 0 Å². The summed E-state index contributed by atoms with van der Waals surface area (Å²) in [4.78, 5) is 0. The van der Waals surface area contributed by atoms with Crippen molar-refractivity contribution in [3.63, 3.8) is 0 Å². The largest absolute Gasteiger partial charge is 0.378 e. The molecule has 0 amide bonds. The average Bonchev–Trinajstić information content (AvgIpc) is 2.37. The minimum Gasteiger partial charge on any atom is -0.378 e. The molecule has 1 aliphatic heterocycles. The summed E-state index contributed by atoms with van der Waals surface area (Å²) in [6.07, 6.45) is 4.07. The summed E-state index contributed by atoms with van der Waals surface area (Å²) in [6.45, 7) is 7.13. The summed E-state index contributed by atoms with van der Waals surface area (Å²) < 4.78 is 5.44. The van der Waals surface area contributed by atoms with E-state index in [1.54, 1.807) is 0 Å². The third-order valence-corrected chi connectivity index (χ3v) is 2.02. The molecule has 2 atom stereocenters. The number of hydrogen-bond donors (Lipinski definition) is 0. The van der Waals surface area contributed by atoms with E-state index in [2.05, 4.69) is 13.8 Å². The number of hydrogen-bond acceptors (Lipinski definition) is 1. The Kier molecular flexibility index (Phi) is 2.52. The van der Waals surface area contributed by atoms with E-state index >= 15 is 0 Å². The predicted molar refractivity (Wildman–Crippen MR) is 38.1 cm³/mol. The molecule has 1 fully saturated rings. The fourth-order valence-electron chi connectivity index (χ4n) is 1.24. The zero-order valence-corrected chi connectivity index (χ0v) is 6.10. The highest BCUT2D eigenvalue weighted by atomic mass is 16.5. The van der Waals surface area contributed by atoms with Crippen LogP contribution in [0.4, 0.5) is 0 Å². The second kappa shape index (κ2) is 3.21. The van der Waals surface area contributed by atoms with Crippen LogP contribution in [0.1, 0.15) is 26.2 Å². The summed E-state index contributed by atoms with van der Waals surface area (Å²) in [7, 11) is 0. The maximum Gasteiger partial charge on any atom is 0.0604 e. The molecule has 0 N–H and O–H groups in total. The van der Waals surface area contributed by atoms with Gasteiger partial charge in [-0.25, -0.2) is 0 Å². The minimum atomic E-state index is 0.468. The van der Waals surface area contributed by atoms with Crippen LogP contribution in [0.3, 0.4) is 0 Å². The molecule has 0 aromatic carbocycles. The van der Waals surface area contributed by atoms with Crippen molar-refractivity contribution in [2.75, 3.05) is 6.61 Å². The molecule has 1 heterocycles.